The van der Waals surface area contributed by atoms with Crippen molar-refractivity contribution in [2.45, 2.75) is 32.7 Å². The third kappa shape index (κ3) is 9.58. The van der Waals surface area contributed by atoms with Gasteiger partial charge in [-0.2, -0.15) is 0 Å². The molecule has 1 aromatic carbocycles. The summed E-state index contributed by atoms with van der Waals surface area (Å²) in [6, 6.07) is 10.4. The lowest BCUT2D eigenvalue weighted by Gasteiger charge is -2.13. The maximum absolute atomic E-state index is 5.56. The van der Waals surface area contributed by atoms with Gasteiger partial charge < -0.3 is 24.7 Å². The van der Waals surface area contributed by atoms with E-state index in [9.17, 15) is 0 Å². The summed E-state index contributed by atoms with van der Waals surface area (Å²) in [5.74, 6) is 1.83. The van der Waals surface area contributed by atoms with Gasteiger partial charge in [0.05, 0.1) is 19.8 Å². The highest BCUT2D eigenvalue weighted by atomic mass is 16.5. The summed E-state index contributed by atoms with van der Waals surface area (Å²) in [6.07, 6.45) is 6.97. The first-order chi connectivity index (χ1) is 14.3. The summed E-state index contributed by atoms with van der Waals surface area (Å²) in [6.45, 7) is 7.19. The molecule has 7 nitrogen and oxygen atoms in total. The van der Waals surface area contributed by atoms with Crippen LogP contribution >= 0.6 is 0 Å². The van der Waals surface area contributed by atoms with Crippen LogP contribution in [0.4, 0.5) is 0 Å². The first kappa shape index (κ1) is 22.9. The van der Waals surface area contributed by atoms with Gasteiger partial charge in [0.1, 0.15) is 5.82 Å². The van der Waals surface area contributed by atoms with Gasteiger partial charge in [0.15, 0.2) is 5.96 Å². The van der Waals surface area contributed by atoms with Gasteiger partial charge >= 0.3 is 0 Å². The van der Waals surface area contributed by atoms with E-state index in [4.69, 9.17) is 9.47 Å². The molecule has 0 aliphatic carbocycles. The number of benzene rings is 1. The molecule has 2 N–H and O–H groups in total. The van der Waals surface area contributed by atoms with E-state index in [1.165, 1.54) is 5.56 Å². The second-order valence-corrected chi connectivity index (χ2v) is 6.71. The average molecular weight is 402 g/mol. The molecule has 0 atom stereocenters. The summed E-state index contributed by atoms with van der Waals surface area (Å²) >= 11 is 0. The Morgan fingerprint density at radius 3 is 2.55 bits per heavy atom. The Balaban J connectivity index is 1.59. The van der Waals surface area contributed by atoms with Gasteiger partial charge in [-0.1, -0.05) is 43.7 Å². The number of nitrogens with zero attached hydrogens (tertiary/aromatic N) is 3. The minimum atomic E-state index is 0.624. The standard InChI is InChI=1S/C22H35N5O2/c1-3-4-15-28-17-18-29-16-13-26-22(23-2)25-11-10-21-24-12-14-27(21)19-20-8-6-5-7-9-20/h5-9,12,14H,3-4,10-11,13,15-19H2,1-2H3,(H2,23,25,26). The molecule has 0 unspecified atom stereocenters. The molecule has 0 radical (unpaired) electrons. The molecule has 0 bridgehead atoms. The van der Waals surface area contributed by atoms with E-state index in [2.05, 4.69) is 56.4 Å². The normalized spacial score (nSPS) is 11.6. The van der Waals surface area contributed by atoms with Crippen LogP contribution in [0.5, 0.6) is 0 Å². The third-order valence-electron chi connectivity index (χ3n) is 4.42. The number of hydrogen-bond acceptors (Lipinski definition) is 4. The quantitative estimate of drug-likeness (QED) is 0.289. The number of ether oxygens (including phenoxy) is 2. The zero-order valence-electron chi connectivity index (χ0n) is 17.8. The van der Waals surface area contributed by atoms with Gasteiger partial charge in [-0.15, -0.1) is 0 Å². The summed E-state index contributed by atoms with van der Waals surface area (Å²) in [5, 5.41) is 6.59. The lowest BCUT2D eigenvalue weighted by atomic mass is 10.2. The second kappa shape index (κ2) is 14.6. The molecule has 0 aliphatic heterocycles. The number of guanidine groups is 1. The first-order valence-corrected chi connectivity index (χ1v) is 10.5. The van der Waals surface area contributed by atoms with Crippen LogP contribution in [0, 0.1) is 0 Å². The molecule has 0 amide bonds. The van der Waals surface area contributed by atoms with Crippen LogP contribution in [0.2, 0.25) is 0 Å². The molecule has 0 saturated carbocycles. The van der Waals surface area contributed by atoms with E-state index in [0.29, 0.717) is 26.4 Å². The highest BCUT2D eigenvalue weighted by Crippen LogP contribution is 2.05. The fourth-order valence-electron chi connectivity index (χ4n) is 2.82. The SMILES string of the molecule is CCCCOCCOCCNC(=NC)NCCc1nccn1Cc1ccccc1. The van der Waals surface area contributed by atoms with Crippen LogP contribution in [-0.2, 0) is 22.4 Å². The third-order valence-corrected chi connectivity index (χ3v) is 4.42. The van der Waals surface area contributed by atoms with Crippen molar-refractivity contribution in [1.82, 2.24) is 20.2 Å². The van der Waals surface area contributed by atoms with E-state index >= 15 is 0 Å². The van der Waals surface area contributed by atoms with Crippen molar-refractivity contribution in [3.63, 3.8) is 0 Å². The van der Waals surface area contributed by atoms with E-state index < -0.39 is 0 Å². The van der Waals surface area contributed by atoms with Crippen LogP contribution in [-0.4, -0.2) is 62.1 Å². The topological polar surface area (TPSA) is 72.7 Å². The van der Waals surface area contributed by atoms with Crippen molar-refractivity contribution < 1.29 is 9.47 Å². The fraction of sp³-hybridized carbons (Fsp3) is 0.545. The summed E-state index contributed by atoms with van der Waals surface area (Å²) in [5.41, 5.74) is 1.27. The average Bonchev–Trinajstić information content (AvgIpc) is 3.18. The van der Waals surface area contributed by atoms with Crippen molar-refractivity contribution in [3.05, 3.63) is 54.1 Å². The second-order valence-electron chi connectivity index (χ2n) is 6.71. The van der Waals surface area contributed by atoms with Crippen LogP contribution in [0.3, 0.4) is 0 Å². The maximum atomic E-state index is 5.56. The van der Waals surface area contributed by atoms with Crippen LogP contribution in [0.1, 0.15) is 31.2 Å². The number of aromatic nitrogens is 2. The van der Waals surface area contributed by atoms with Crippen molar-refractivity contribution in [1.29, 1.82) is 0 Å². The molecule has 0 aliphatic rings. The number of unbranched alkanes of at least 4 members (excludes halogenated alkanes) is 1. The molecule has 160 valence electrons. The molecule has 0 spiro atoms. The number of aliphatic imine (C=N–C) groups is 1. The van der Waals surface area contributed by atoms with Crippen molar-refractivity contribution >= 4 is 5.96 Å². The van der Waals surface area contributed by atoms with Gasteiger partial charge in [-0.3, -0.25) is 4.99 Å². The molecule has 1 aromatic heterocycles. The molecule has 1 heterocycles. The number of nitrogens with one attached hydrogen (secondary N) is 2. The lowest BCUT2D eigenvalue weighted by Crippen LogP contribution is -2.40. The number of imidazole rings is 1. The van der Waals surface area contributed by atoms with Gasteiger partial charge in [0, 0.05) is 52.1 Å². The summed E-state index contributed by atoms with van der Waals surface area (Å²) < 4.78 is 13.2. The zero-order chi connectivity index (χ0) is 20.6. The molecular weight excluding hydrogens is 366 g/mol. The van der Waals surface area contributed by atoms with E-state index in [0.717, 1.165) is 50.7 Å². The predicted octanol–water partition coefficient (Wildman–Crippen LogP) is 2.47. The Morgan fingerprint density at radius 1 is 1.03 bits per heavy atom. The van der Waals surface area contributed by atoms with Crippen LogP contribution < -0.4 is 10.6 Å². The molecule has 2 rings (SSSR count). The van der Waals surface area contributed by atoms with Gasteiger partial charge in [-0.25, -0.2) is 4.98 Å². The Kier molecular flexibility index (Phi) is 11.5. The van der Waals surface area contributed by atoms with Crippen molar-refractivity contribution in [2.75, 3.05) is 46.6 Å². The predicted molar refractivity (Wildman–Crippen MR) is 117 cm³/mol. The lowest BCUT2D eigenvalue weighted by molar-refractivity contribution is 0.0487. The Labute approximate surface area is 174 Å². The van der Waals surface area contributed by atoms with Crippen LogP contribution in [0.25, 0.3) is 0 Å². The number of hydrogen-bond donors (Lipinski definition) is 2. The van der Waals surface area contributed by atoms with E-state index in [-0.39, 0.29) is 0 Å². The summed E-state index contributed by atoms with van der Waals surface area (Å²) in [7, 11) is 1.77. The smallest absolute Gasteiger partial charge is 0.191 e. The fourth-order valence-corrected chi connectivity index (χ4v) is 2.82. The monoisotopic (exact) mass is 401 g/mol. The van der Waals surface area contributed by atoms with Gasteiger partial charge in [-0.05, 0) is 12.0 Å². The molecule has 0 saturated heterocycles. The Bertz CT molecular complexity index is 688. The highest BCUT2D eigenvalue weighted by Gasteiger charge is 2.04. The van der Waals surface area contributed by atoms with Crippen LogP contribution in [0.15, 0.2) is 47.7 Å². The maximum Gasteiger partial charge on any atom is 0.191 e. The molecule has 29 heavy (non-hydrogen) atoms. The zero-order valence-corrected chi connectivity index (χ0v) is 17.8. The molecule has 7 heteroatoms. The first-order valence-electron chi connectivity index (χ1n) is 10.5. The Hall–Kier alpha value is -2.38. The van der Waals surface area contributed by atoms with E-state index in [1.54, 1.807) is 7.05 Å². The minimum absolute atomic E-state index is 0.624. The minimum Gasteiger partial charge on any atom is -0.379 e. The molecular formula is C22H35N5O2. The Morgan fingerprint density at radius 2 is 1.79 bits per heavy atom. The molecule has 2 aromatic rings. The van der Waals surface area contributed by atoms with Gasteiger partial charge in [0.25, 0.3) is 0 Å². The van der Waals surface area contributed by atoms with Crippen molar-refractivity contribution in [2.24, 2.45) is 4.99 Å². The highest BCUT2D eigenvalue weighted by molar-refractivity contribution is 5.79. The number of rotatable bonds is 14. The molecule has 0 fully saturated rings. The van der Waals surface area contributed by atoms with E-state index in [1.807, 2.05) is 18.5 Å². The largest absolute Gasteiger partial charge is 0.379 e. The van der Waals surface area contributed by atoms with Gasteiger partial charge in [0.2, 0.25) is 0 Å². The summed E-state index contributed by atoms with van der Waals surface area (Å²) in [4.78, 5) is 8.74. The van der Waals surface area contributed by atoms with Crippen molar-refractivity contribution in [3.8, 4) is 0 Å².